The molecule has 0 spiro atoms. The predicted molar refractivity (Wildman–Crippen MR) is 169 cm³/mol. The second-order valence-electron chi connectivity index (χ2n) is 11.8. The lowest BCUT2D eigenvalue weighted by molar-refractivity contribution is -0.140. The number of amides is 1. The van der Waals surface area contributed by atoms with Crippen LogP contribution in [0, 0.1) is 6.92 Å². The van der Waals surface area contributed by atoms with Crippen LogP contribution in [0.5, 0.6) is 0 Å². The number of hydrogen-bond acceptors (Lipinski definition) is 7. The van der Waals surface area contributed by atoms with Crippen molar-refractivity contribution in [3.8, 4) is 11.1 Å². The number of fused-ring (bicyclic) bond motifs is 1. The van der Waals surface area contributed by atoms with Crippen LogP contribution in [0.4, 0.5) is 17.4 Å². The summed E-state index contributed by atoms with van der Waals surface area (Å²) in [5.74, 6) is 0.133. The zero-order valence-electron chi connectivity index (χ0n) is 25.2. The maximum Gasteiger partial charge on any atom is 0.300 e. The number of morpholine rings is 1. The lowest BCUT2D eigenvalue weighted by Crippen LogP contribution is -2.48. The van der Waals surface area contributed by atoms with Gasteiger partial charge in [-0.25, -0.2) is 0 Å². The molecule has 0 unspecified atom stereocenters. The van der Waals surface area contributed by atoms with E-state index < -0.39 is 5.41 Å². The number of carbonyl (C=O) groups is 1. The number of oxazole rings is 1. The van der Waals surface area contributed by atoms with Gasteiger partial charge in [0.05, 0.1) is 18.6 Å². The predicted octanol–water partition coefficient (Wildman–Crippen LogP) is 5.83. The van der Waals surface area contributed by atoms with Gasteiger partial charge in [-0.15, -0.1) is 0 Å². The Hall–Kier alpha value is -3.88. The van der Waals surface area contributed by atoms with E-state index >= 15 is 0 Å². The maximum absolute atomic E-state index is 13.3. The van der Waals surface area contributed by atoms with Crippen molar-refractivity contribution in [1.29, 1.82) is 0 Å². The largest absolute Gasteiger partial charge is 0.423 e. The van der Waals surface area contributed by atoms with Crippen molar-refractivity contribution in [2.24, 2.45) is 0 Å². The number of ether oxygens (including phenoxy) is 1. The number of benzene rings is 3. The molecule has 8 nitrogen and oxygen atoms in total. The summed E-state index contributed by atoms with van der Waals surface area (Å²) in [6.45, 7) is 16.3. The highest BCUT2D eigenvalue weighted by atomic mass is 16.5. The van der Waals surface area contributed by atoms with Gasteiger partial charge in [-0.2, -0.15) is 4.98 Å². The number of aromatic nitrogens is 1. The Kier molecular flexibility index (Phi) is 7.92. The Balaban J connectivity index is 1.19. The van der Waals surface area contributed by atoms with Gasteiger partial charge in [0.25, 0.3) is 6.01 Å². The van der Waals surface area contributed by atoms with Gasteiger partial charge in [0.1, 0.15) is 5.52 Å². The van der Waals surface area contributed by atoms with Crippen LogP contribution in [0.1, 0.15) is 31.9 Å². The Morgan fingerprint density at radius 3 is 2.38 bits per heavy atom. The fourth-order valence-corrected chi connectivity index (χ4v) is 6.10. The monoisotopic (exact) mass is 567 g/mol. The SMILES string of the molecule is CCN1CCN(c2ccc(Nc3nc4cccc(-c5ccc(C(C)(C)C(=O)N6CCOCC6)cc5)c4o3)cc2C)CC1. The van der Waals surface area contributed by atoms with Crippen molar-refractivity contribution < 1.29 is 13.9 Å². The van der Waals surface area contributed by atoms with Crippen LogP contribution in [0.3, 0.4) is 0 Å². The summed E-state index contributed by atoms with van der Waals surface area (Å²) < 4.78 is 11.7. The summed E-state index contributed by atoms with van der Waals surface area (Å²) in [4.78, 5) is 24.9. The minimum Gasteiger partial charge on any atom is -0.423 e. The molecule has 1 aromatic heterocycles. The van der Waals surface area contributed by atoms with Gasteiger partial charge in [-0.1, -0.05) is 43.3 Å². The summed E-state index contributed by atoms with van der Waals surface area (Å²) in [6.07, 6.45) is 0. The maximum atomic E-state index is 13.3. The second-order valence-corrected chi connectivity index (χ2v) is 11.8. The average molecular weight is 568 g/mol. The van der Waals surface area contributed by atoms with Crippen LogP contribution < -0.4 is 10.2 Å². The third-order valence-corrected chi connectivity index (χ3v) is 8.77. The first kappa shape index (κ1) is 28.2. The van der Waals surface area contributed by atoms with Crippen molar-refractivity contribution in [2.75, 3.05) is 69.2 Å². The molecule has 1 N–H and O–H groups in total. The summed E-state index contributed by atoms with van der Waals surface area (Å²) >= 11 is 0. The summed E-state index contributed by atoms with van der Waals surface area (Å²) in [5, 5.41) is 3.38. The first-order valence-electron chi connectivity index (χ1n) is 15.1. The Bertz CT molecular complexity index is 1550. The number of anilines is 3. The Morgan fingerprint density at radius 2 is 1.69 bits per heavy atom. The van der Waals surface area contributed by atoms with Crippen molar-refractivity contribution in [2.45, 2.75) is 33.1 Å². The topological polar surface area (TPSA) is 74.1 Å². The van der Waals surface area contributed by atoms with Crippen molar-refractivity contribution in [1.82, 2.24) is 14.8 Å². The van der Waals surface area contributed by atoms with Crippen LogP contribution in [0.15, 0.2) is 65.1 Å². The fraction of sp³-hybridized carbons (Fsp3) is 0.412. The van der Waals surface area contributed by atoms with E-state index in [0.717, 1.165) is 66.2 Å². The first-order chi connectivity index (χ1) is 20.3. The number of aryl methyl sites for hydroxylation is 1. The zero-order chi connectivity index (χ0) is 29.3. The van der Waals surface area contributed by atoms with E-state index in [1.165, 1.54) is 11.3 Å². The molecule has 0 bridgehead atoms. The van der Waals surface area contributed by atoms with Gasteiger partial charge in [0.2, 0.25) is 5.91 Å². The number of nitrogens with zero attached hydrogens (tertiary/aromatic N) is 4. The first-order valence-corrected chi connectivity index (χ1v) is 15.1. The molecule has 2 aliphatic rings. The van der Waals surface area contributed by atoms with E-state index in [2.05, 4.69) is 71.4 Å². The number of rotatable bonds is 7. The van der Waals surface area contributed by atoms with Crippen LogP contribution in [-0.2, 0) is 14.9 Å². The summed E-state index contributed by atoms with van der Waals surface area (Å²) in [6, 6.07) is 21.2. The van der Waals surface area contributed by atoms with Crippen LogP contribution in [0.2, 0.25) is 0 Å². The van der Waals surface area contributed by atoms with Crippen molar-refractivity contribution >= 4 is 34.4 Å². The number of likely N-dealkylation sites (N-methyl/N-ethyl adjacent to an activating group) is 1. The number of hydrogen-bond donors (Lipinski definition) is 1. The fourth-order valence-electron chi connectivity index (χ4n) is 6.10. The van der Waals surface area contributed by atoms with Gasteiger partial charge in [-0.3, -0.25) is 4.79 Å². The van der Waals surface area contributed by atoms with Crippen molar-refractivity contribution in [3.63, 3.8) is 0 Å². The summed E-state index contributed by atoms with van der Waals surface area (Å²) in [5.41, 5.74) is 7.35. The summed E-state index contributed by atoms with van der Waals surface area (Å²) in [7, 11) is 0. The van der Waals surface area contributed by atoms with Crippen LogP contribution >= 0.6 is 0 Å². The number of para-hydroxylation sites is 1. The molecule has 6 rings (SSSR count). The van der Waals surface area contributed by atoms with Crippen LogP contribution in [0.25, 0.3) is 22.2 Å². The van der Waals surface area contributed by atoms with E-state index in [-0.39, 0.29) is 5.91 Å². The van der Waals surface area contributed by atoms with E-state index in [1.807, 2.05) is 36.9 Å². The molecule has 0 radical (unpaired) electrons. The lowest BCUT2D eigenvalue weighted by atomic mass is 9.82. The molecular weight excluding hydrogens is 526 g/mol. The Labute approximate surface area is 248 Å². The second kappa shape index (κ2) is 11.8. The van der Waals surface area contributed by atoms with Crippen molar-refractivity contribution in [3.05, 3.63) is 71.8 Å². The quantitative estimate of drug-likeness (QED) is 0.301. The molecule has 0 saturated carbocycles. The molecule has 2 saturated heterocycles. The van der Waals surface area contributed by atoms with Gasteiger partial charge < -0.3 is 29.2 Å². The molecule has 42 heavy (non-hydrogen) atoms. The molecule has 8 heteroatoms. The molecule has 2 fully saturated rings. The van der Waals surface area contributed by atoms with E-state index in [1.54, 1.807) is 0 Å². The third-order valence-electron chi connectivity index (χ3n) is 8.77. The standard InChI is InChI=1S/C34H41N5O3/c1-5-37-15-17-38(18-16-37)30-14-13-27(23-24(30)2)35-33-36-29-8-6-7-28(31(29)42-33)25-9-11-26(12-10-25)34(3,4)32(40)39-19-21-41-22-20-39/h6-14,23H,5,15-22H2,1-4H3,(H,35,36). The normalized spacial score (nSPS) is 16.7. The van der Waals surface area contributed by atoms with Gasteiger partial charge in [0, 0.05) is 56.2 Å². The molecule has 0 atom stereocenters. The minimum atomic E-state index is -0.622. The van der Waals surface area contributed by atoms with Crippen LogP contribution in [-0.4, -0.2) is 79.7 Å². The molecule has 1 amide bonds. The third kappa shape index (κ3) is 5.61. The highest BCUT2D eigenvalue weighted by Gasteiger charge is 2.34. The van der Waals surface area contributed by atoms with Gasteiger partial charge in [-0.05, 0) is 68.3 Å². The molecular formula is C34H41N5O3. The molecule has 0 aliphatic carbocycles. The van der Waals surface area contributed by atoms with Gasteiger partial charge in [0.15, 0.2) is 5.58 Å². The highest BCUT2D eigenvalue weighted by Crippen LogP contribution is 2.34. The molecule has 4 aromatic rings. The molecule has 220 valence electrons. The van der Waals surface area contributed by atoms with E-state index in [9.17, 15) is 4.79 Å². The smallest absolute Gasteiger partial charge is 0.300 e. The van der Waals surface area contributed by atoms with E-state index in [4.69, 9.17) is 14.1 Å². The number of nitrogens with one attached hydrogen (secondary N) is 1. The number of piperazine rings is 1. The lowest BCUT2D eigenvalue weighted by Gasteiger charge is -2.36. The minimum absolute atomic E-state index is 0.133. The molecule has 2 aliphatic heterocycles. The molecule has 3 aromatic carbocycles. The highest BCUT2D eigenvalue weighted by molar-refractivity contribution is 5.92. The van der Waals surface area contributed by atoms with E-state index in [0.29, 0.717) is 32.3 Å². The zero-order valence-corrected chi connectivity index (χ0v) is 25.2. The Morgan fingerprint density at radius 1 is 0.952 bits per heavy atom. The van der Waals surface area contributed by atoms with Gasteiger partial charge >= 0.3 is 0 Å². The average Bonchev–Trinajstić information content (AvgIpc) is 3.44. The number of carbonyl (C=O) groups excluding carboxylic acids is 1. The molecule has 3 heterocycles.